The van der Waals surface area contributed by atoms with Crippen molar-refractivity contribution in [3.05, 3.63) is 22.8 Å². The van der Waals surface area contributed by atoms with Gasteiger partial charge in [-0.05, 0) is 26.8 Å². The maximum absolute atomic E-state index is 12.8. The van der Waals surface area contributed by atoms with Gasteiger partial charge in [-0.3, -0.25) is 19.2 Å². The molecule has 0 aromatic heterocycles. The molecule has 0 aromatic carbocycles. The van der Waals surface area contributed by atoms with Crippen LogP contribution in [-0.4, -0.2) is 72.1 Å². The first kappa shape index (κ1) is 28.8. The molecule has 0 bridgehead atoms. The molecular weight excluding hydrogens is 512 g/mol. The second kappa shape index (κ2) is 10.1. The third kappa shape index (κ3) is 5.08. The highest BCUT2D eigenvalue weighted by atomic mass is 16.6. The molecule has 0 N–H and O–H groups in total. The predicted octanol–water partition coefficient (Wildman–Crippen LogP) is 2.49. The highest BCUT2D eigenvalue weighted by molar-refractivity contribution is 5.92. The summed E-state index contributed by atoms with van der Waals surface area (Å²) in [5, 5.41) is 0. The smallest absolute Gasteiger partial charge is 0.334 e. The predicted molar refractivity (Wildman–Crippen MR) is 133 cm³/mol. The van der Waals surface area contributed by atoms with E-state index in [1.165, 1.54) is 27.7 Å². The van der Waals surface area contributed by atoms with Crippen LogP contribution in [0.3, 0.4) is 0 Å². The largest absolute Gasteiger partial charge is 0.462 e. The van der Waals surface area contributed by atoms with Crippen molar-refractivity contribution in [3.8, 4) is 0 Å². The Morgan fingerprint density at radius 3 is 2.05 bits per heavy atom. The van der Waals surface area contributed by atoms with E-state index in [9.17, 15) is 24.0 Å². The molecule has 9 atom stereocenters. The van der Waals surface area contributed by atoms with Crippen LogP contribution in [0.4, 0.5) is 0 Å². The van der Waals surface area contributed by atoms with Gasteiger partial charge in [0.15, 0.2) is 0 Å². The quantitative estimate of drug-likeness (QED) is 0.221. The van der Waals surface area contributed by atoms with E-state index in [-0.39, 0.29) is 24.5 Å². The molecule has 1 unspecified atom stereocenters. The summed E-state index contributed by atoms with van der Waals surface area (Å²) in [4.78, 5) is 62.6. The molecule has 1 saturated heterocycles. The molecule has 39 heavy (non-hydrogen) atoms. The van der Waals surface area contributed by atoms with Gasteiger partial charge in [-0.15, -0.1) is 0 Å². The SMILES string of the molecule is CC(=O)OC1C2=C(C)C(=O)O[C@H]2/C=C(/C)C[C@@H](OC(C)=O)[C@H](OC(C)=O)[C@@]2(C)[C@@H](OC(C)=O)C[C@@H]3O[C@]3(C)[C@H]12. The lowest BCUT2D eigenvalue weighted by Gasteiger charge is -2.54. The van der Waals surface area contributed by atoms with Crippen molar-refractivity contribution in [1.82, 2.24) is 0 Å². The number of hydrogen-bond donors (Lipinski definition) is 0. The fourth-order valence-corrected chi connectivity index (χ4v) is 6.89. The Bertz CT molecular complexity index is 1170. The lowest BCUT2D eigenvalue weighted by atomic mass is 9.54. The third-order valence-corrected chi connectivity index (χ3v) is 8.40. The summed E-state index contributed by atoms with van der Waals surface area (Å²) in [5.74, 6) is -3.80. The molecule has 2 aliphatic heterocycles. The van der Waals surface area contributed by atoms with Crippen molar-refractivity contribution in [2.24, 2.45) is 11.3 Å². The number of hydrogen-bond acceptors (Lipinski definition) is 11. The first-order chi connectivity index (χ1) is 18.1. The molecule has 214 valence electrons. The van der Waals surface area contributed by atoms with Gasteiger partial charge < -0.3 is 28.4 Å². The zero-order valence-electron chi connectivity index (χ0n) is 23.5. The Morgan fingerprint density at radius 1 is 0.897 bits per heavy atom. The van der Waals surface area contributed by atoms with E-state index in [1.807, 2.05) is 6.92 Å². The van der Waals surface area contributed by atoms with Crippen LogP contribution in [-0.2, 0) is 52.4 Å². The summed E-state index contributed by atoms with van der Waals surface area (Å²) in [6, 6.07) is 0. The van der Waals surface area contributed by atoms with Crippen molar-refractivity contribution in [2.75, 3.05) is 0 Å². The lowest BCUT2D eigenvalue weighted by molar-refractivity contribution is -0.219. The first-order valence-corrected chi connectivity index (χ1v) is 13.0. The fourth-order valence-electron chi connectivity index (χ4n) is 6.89. The molecule has 2 fully saturated rings. The average Bonchev–Trinajstić information content (AvgIpc) is 3.35. The normalized spacial score (nSPS) is 40.5. The molecule has 11 nitrogen and oxygen atoms in total. The number of ether oxygens (including phenoxy) is 6. The summed E-state index contributed by atoms with van der Waals surface area (Å²) in [7, 11) is 0. The van der Waals surface area contributed by atoms with Crippen molar-refractivity contribution < 1.29 is 52.4 Å². The molecule has 0 radical (unpaired) electrons. The Morgan fingerprint density at radius 2 is 1.49 bits per heavy atom. The van der Waals surface area contributed by atoms with E-state index in [0.717, 1.165) is 0 Å². The molecule has 4 aliphatic rings. The van der Waals surface area contributed by atoms with Gasteiger partial charge in [0.1, 0.15) is 30.5 Å². The van der Waals surface area contributed by atoms with Gasteiger partial charge in [0.05, 0.1) is 17.1 Å². The Hall–Kier alpha value is -3.21. The monoisotopic (exact) mass is 548 g/mol. The van der Waals surface area contributed by atoms with E-state index < -0.39 is 77.3 Å². The van der Waals surface area contributed by atoms with Gasteiger partial charge in [0.25, 0.3) is 0 Å². The van der Waals surface area contributed by atoms with Crippen LogP contribution in [0.25, 0.3) is 0 Å². The van der Waals surface area contributed by atoms with E-state index in [0.29, 0.717) is 11.1 Å². The summed E-state index contributed by atoms with van der Waals surface area (Å²) < 4.78 is 35.4. The summed E-state index contributed by atoms with van der Waals surface area (Å²) in [6.45, 7) is 12.0. The van der Waals surface area contributed by atoms with Gasteiger partial charge in [-0.2, -0.15) is 0 Å². The lowest BCUT2D eigenvalue weighted by Crippen LogP contribution is -2.65. The van der Waals surface area contributed by atoms with E-state index in [2.05, 4.69) is 0 Å². The molecule has 0 amide bonds. The van der Waals surface area contributed by atoms with Crippen LogP contribution >= 0.6 is 0 Å². The standard InChI is InChI=1S/C28H36O11/c1-12-9-18-22(13(2)26(33)38-18)23(36-16(5)31)24-27(7,20(35-15(4)30)11-21-28(24,8)39-21)25(37-17(6)32)19(10-12)34-14(3)29/h9,18-21,23-25H,10-11H2,1-8H3/b12-9-/t18-,19+,20-,21-,23?,24+,25-,27-,28-/m0/s1. The number of rotatable bonds is 4. The summed E-state index contributed by atoms with van der Waals surface area (Å²) >= 11 is 0. The molecule has 2 aliphatic carbocycles. The molecular formula is C28H36O11. The van der Waals surface area contributed by atoms with Crippen LogP contribution in [0.15, 0.2) is 22.8 Å². The maximum atomic E-state index is 12.8. The molecule has 11 heteroatoms. The second-order valence-corrected chi connectivity index (χ2v) is 11.3. The van der Waals surface area contributed by atoms with Crippen molar-refractivity contribution in [2.45, 2.75) is 110 Å². The van der Waals surface area contributed by atoms with Gasteiger partial charge >= 0.3 is 29.8 Å². The first-order valence-electron chi connectivity index (χ1n) is 13.0. The molecule has 4 rings (SSSR count). The van der Waals surface area contributed by atoms with Crippen LogP contribution < -0.4 is 0 Å². The van der Waals surface area contributed by atoms with Crippen molar-refractivity contribution in [3.63, 3.8) is 0 Å². The topological polar surface area (TPSA) is 144 Å². The van der Waals surface area contributed by atoms with Gasteiger partial charge in [-0.25, -0.2) is 4.79 Å². The highest BCUT2D eigenvalue weighted by Crippen LogP contribution is 2.64. The Balaban J connectivity index is 2.06. The minimum Gasteiger partial charge on any atom is -0.462 e. The zero-order valence-corrected chi connectivity index (χ0v) is 23.5. The van der Waals surface area contributed by atoms with Crippen LogP contribution in [0.2, 0.25) is 0 Å². The van der Waals surface area contributed by atoms with Crippen LogP contribution in [0.1, 0.15) is 68.2 Å². The second-order valence-electron chi connectivity index (χ2n) is 11.3. The molecule has 0 aromatic rings. The minimum absolute atomic E-state index is 0.131. The number of epoxide rings is 1. The zero-order chi connectivity index (χ0) is 29.0. The molecule has 1 saturated carbocycles. The van der Waals surface area contributed by atoms with E-state index in [1.54, 1.807) is 26.8 Å². The Kier molecular flexibility index (Phi) is 7.44. The molecule has 2 heterocycles. The van der Waals surface area contributed by atoms with Crippen molar-refractivity contribution in [1.29, 1.82) is 0 Å². The van der Waals surface area contributed by atoms with Gasteiger partial charge in [0, 0.05) is 57.6 Å². The fraction of sp³-hybridized carbons (Fsp3) is 0.679. The number of esters is 5. The van der Waals surface area contributed by atoms with E-state index >= 15 is 0 Å². The Labute approximate surface area is 227 Å². The van der Waals surface area contributed by atoms with Gasteiger partial charge in [-0.1, -0.05) is 12.5 Å². The van der Waals surface area contributed by atoms with Gasteiger partial charge in [0.2, 0.25) is 0 Å². The highest BCUT2D eigenvalue weighted by Gasteiger charge is 2.75. The summed E-state index contributed by atoms with van der Waals surface area (Å²) in [6.07, 6.45) is -3.24. The number of carbonyl (C=O) groups is 5. The van der Waals surface area contributed by atoms with Crippen LogP contribution in [0, 0.1) is 11.3 Å². The van der Waals surface area contributed by atoms with Crippen LogP contribution in [0.5, 0.6) is 0 Å². The minimum atomic E-state index is -1.32. The third-order valence-electron chi connectivity index (χ3n) is 8.40. The molecule has 0 spiro atoms. The number of fused-ring (bicyclic) bond motifs is 4. The average molecular weight is 549 g/mol. The van der Waals surface area contributed by atoms with E-state index in [4.69, 9.17) is 28.4 Å². The number of carbonyl (C=O) groups excluding carboxylic acids is 5. The summed E-state index contributed by atoms with van der Waals surface area (Å²) in [5.41, 5.74) is -0.836. The maximum Gasteiger partial charge on any atom is 0.334 e. The van der Waals surface area contributed by atoms with Crippen molar-refractivity contribution >= 4 is 29.8 Å².